The lowest BCUT2D eigenvalue weighted by Gasteiger charge is -2.08. The summed E-state index contributed by atoms with van der Waals surface area (Å²) in [5.41, 5.74) is 2.31. The van der Waals surface area contributed by atoms with Crippen LogP contribution in [0.15, 0.2) is 34.9 Å². The van der Waals surface area contributed by atoms with E-state index in [0.29, 0.717) is 17.3 Å². The molecule has 0 aliphatic rings. The minimum absolute atomic E-state index is 0.240. The number of halogens is 3. The van der Waals surface area contributed by atoms with Crippen LogP contribution in [0, 0.1) is 12.7 Å². The molecule has 1 heterocycles. The van der Waals surface area contributed by atoms with Crippen molar-refractivity contribution in [3.63, 3.8) is 0 Å². The van der Waals surface area contributed by atoms with Crippen LogP contribution in [-0.2, 0) is 6.54 Å². The number of pyridine rings is 1. The smallest absolute Gasteiger partial charge is 0.132 e. The molecule has 0 aliphatic heterocycles. The molecule has 0 saturated heterocycles. The number of anilines is 1. The molecule has 0 aliphatic carbocycles. The summed E-state index contributed by atoms with van der Waals surface area (Å²) >= 11 is 9.06. The highest BCUT2D eigenvalue weighted by atomic mass is 79.9. The summed E-state index contributed by atoms with van der Waals surface area (Å²) in [7, 11) is 0. The molecule has 0 fully saturated rings. The van der Waals surface area contributed by atoms with Crippen LogP contribution in [0.25, 0.3) is 0 Å². The third kappa shape index (κ3) is 3.21. The van der Waals surface area contributed by atoms with Crippen molar-refractivity contribution in [1.82, 2.24) is 4.98 Å². The highest BCUT2D eigenvalue weighted by Crippen LogP contribution is 2.19. The number of nitrogens with one attached hydrogen (secondary N) is 1. The van der Waals surface area contributed by atoms with Gasteiger partial charge in [0.05, 0.1) is 11.9 Å². The average molecular weight is 330 g/mol. The lowest BCUT2D eigenvalue weighted by Crippen LogP contribution is -2.02. The van der Waals surface area contributed by atoms with Crippen LogP contribution >= 0.6 is 27.5 Å². The van der Waals surface area contributed by atoms with Crippen molar-refractivity contribution < 1.29 is 4.39 Å². The van der Waals surface area contributed by atoms with Gasteiger partial charge in [-0.25, -0.2) is 9.37 Å². The molecule has 0 amide bonds. The van der Waals surface area contributed by atoms with E-state index in [-0.39, 0.29) is 5.82 Å². The van der Waals surface area contributed by atoms with E-state index in [0.717, 1.165) is 15.7 Å². The first-order valence-corrected chi connectivity index (χ1v) is 6.53. The van der Waals surface area contributed by atoms with Crippen LogP contribution in [-0.4, -0.2) is 4.98 Å². The van der Waals surface area contributed by atoms with Gasteiger partial charge in [0.15, 0.2) is 0 Å². The molecule has 2 aromatic rings. The molecule has 1 aromatic heterocycles. The Morgan fingerprint density at radius 2 is 2.17 bits per heavy atom. The summed E-state index contributed by atoms with van der Waals surface area (Å²) in [6.07, 6.45) is 1.63. The molecule has 1 aromatic carbocycles. The van der Waals surface area contributed by atoms with Crippen molar-refractivity contribution in [2.45, 2.75) is 13.5 Å². The fourth-order valence-corrected chi connectivity index (χ4v) is 1.95. The van der Waals surface area contributed by atoms with Crippen molar-refractivity contribution >= 4 is 33.2 Å². The summed E-state index contributed by atoms with van der Waals surface area (Å²) in [4.78, 5) is 4.03. The van der Waals surface area contributed by atoms with Crippen LogP contribution in [0.2, 0.25) is 5.15 Å². The molecule has 18 heavy (non-hydrogen) atoms. The van der Waals surface area contributed by atoms with Crippen LogP contribution in [0.3, 0.4) is 0 Å². The molecular formula is C13H11BrClFN2. The van der Waals surface area contributed by atoms with Gasteiger partial charge in [0.25, 0.3) is 0 Å². The van der Waals surface area contributed by atoms with E-state index in [2.05, 4.69) is 26.2 Å². The van der Waals surface area contributed by atoms with E-state index in [1.807, 2.05) is 19.1 Å². The van der Waals surface area contributed by atoms with Crippen molar-refractivity contribution in [3.8, 4) is 0 Å². The van der Waals surface area contributed by atoms with Crippen molar-refractivity contribution in [2.75, 3.05) is 5.32 Å². The number of benzene rings is 1. The van der Waals surface area contributed by atoms with Crippen LogP contribution in [0.5, 0.6) is 0 Å². The second-order valence-electron chi connectivity index (χ2n) is 3.92. The van der Waals surface area contributed by atoms with Gasteiger partial charge in [-0.2, -0.15) is 0 Å². The maximum absolute atomic E-state index is 13.6. The van der Waals surface area contributed by atoms with Crippen molar-refractivity contribution in [2.24, 2.45) is 0 Å². The largest absolute Gasteiger partial charge is 0.380 e. The maximum atomic E-state index is 13.6. The van der Waals surface area contributed by atoms with E-state index < -0.39 is 0 Å². The molecule has 0 bridgehead atoms. The topological polar surface area (TPSA) is 24.9 Å². The van der Waals surface area contributed by atoms with E-state index in [1.165, 1.54) is 6.07 Å². The fraction of sp³-hybridized carbons (Fsp3) is 0.154. The SMILES string of the molecule is Cc1cc(NCc2ccc(Br)cc2F)cnc1Cl. The molecule has 0 unspecified atom stereocenters. The normalized spacial score (nSPS) is 10.4. The zero-order chi connectivity index (χ0) is 13.1. The minimum Gasteiger partial charge on any atom is -0.380 e. The first-order valence-electron chi connectivity index (χ1n) is 5.36. The Balaban J connectivity index is 2.09. The van der Waals surface area contributed by atoms with Crippen LogP contribution in [0.4, 0.5) is 10.1 Å². The van der Waals surface area contributed by atoms with E-state index >= 15 is 0 Å². The van der Waals surface area contributed by atoms with Gasteiger partial charge in [-0.15, -0.1) is 0 Å². The number of rotatable bonds is 3. The van der Waals surface area contributed by atoms with Crippen LogP contribution in [0.1, 0.15) is 11.1 Å². The first kappa shape index (κ1) is 13.3. The standard InChI is InChI=1S/C13H11BrClFN2/c1-8-4-11(7-18-13(8)15)17-6-9-2-3-10(14)5-12(9)16/h2-5,7,17H,6H2,1H3. The molecule has 5 heteroatoms. The molecule has 0 spiro atoms. The quantitative estimate of drug-likeness (QED) is 0.835. The lowest BCUT2D eigenvalue weighted by atomic mass is 10.2. The van der Waals surface area contributed by atoms with E-state index in [1.54, 1.807) is 12.3 Å². The van der Waals surface area contributed by atoms with Gasteiger partial charge < -0.3 is 5.32 Å². The van der Waals surface area contributed by atoms with Gasteiger partial charge in [0.2, 0.25) is 0 Å². The van der Waals surface area contributed by atoms with Gasteiger partial charge in [-0.05, 0) is 30.7 Å². The second kappa shape index (κ2) is 5.67. The van der Waals surface area contributed by atoms with Gasteiger partial charge in [-0.3, -0.25) is 0 Å². The minimum atomic E-state index is -0.240. The molecule has 0 atom stereocenters. The first-order chi connectivity index (χ1) is 8.56. The molecule has 0 radical (unpaired) electrons. The highest BCUT2D eigenvalue weighted by Gasteiger charge is 2.03. The molecule has 0 saturated carbocycles. The Morgan fingerprint density at radius 1 is 1.39 bits per heavy atom. The zero-order valence-corrected chi connectivity index (χ0v) is 12.0. The monoisotopic (exact) mass is 328 g/mol. The Labute approximate surface area is 118 Å². The molecule has 94 valence electrons. The van der Waals surface area contributed by atoms with Crippen LogP contribution < -0.4 is 5.32 Å². The van der Waals surface area contributed by atoms with E-state index in [9.17, 15) is 4.39 Å². The Kier molecular flexibility index (Phi) is 4.19. The van der Waals surface area contributed by atoms with Gasteiger partial charge in [-0.1, -0.05) is 33.6 Å². The van der Waals surface area contributed by atoms with E-state index in [4.69, 9.17) is 11.6 Å². The Hall–Kier alpha value is -1.13. The van der Waals surface area contributed by atoms with Crippen molar-refractivity contribution in [1.29, 1.82) is 0 Å². The maximum Gasteiger partial charge on any atom is 0.132 e. The summed E-state index contributed by atoms with van der Waals surface area (Å²) in [5, 5.41) is 3.59. The average Bonchev–Trinajstić information content (AvgIpc) is 2.32. The number of hydrogen-bond donors (Lipinski definition) is 1. The third-order valence-electron chi connectivity index (χ3n) is 2.51. The number of aryl methyl sites for hydroxylation is 1. The predicted octanol–water partition coefficient (Wildman–Crippen LogP) is 4.56. The predicted molar refractivity (Wildman–Crippen MR) is 75.4 cm³/mol. The second-order valence-corrected chi connectivity index (χ2v) is 5.19. The van der Waals surface area contributed by atoms with Gasteiger partial charge in [0, 0.05) is 16.6 Å². The third-order valence-corrected chi connectivity index (χ3v) is 3.40. The van der Waals surface area contributed by atoms with Gasteiger partial charge >= 0.3 is 0 Å². The summed E-state index contributed by atoms with van der Waals surface area (Å²) in [6, 6.07) is 6.88. The molecule has 2 rings (SSSR count). The number of aromatic nitrogens is 1. The number of nitrogens with zero attached hydrogens (tertiary/aromatic N) is 1. The highest BCUT2D eigenvalue weighted by molar-refractivity contribution is 9.10. The molecule has 1 N–H and O–H groups in total. The van der Waals surface area contributed by atoms with Gasteiger partial charge in [0.1, 0.15) is 11.0 Å². The summed E-state index contributed by atoms with van der Waals surface area (Å²) in [6.45, 7) is 2.28. The Bertz CT molecular complexity index is 575. The summed E-state index contributed by atoms with van der Waals surface area (Å²) in [5.74, 6) is -0.240. The Morgan fingerprint density at radius 3 is 2.83 bits per heavy atom. The lowest BCUT2D eigenvalue weighted by molar-refractivity contribution is 0.612. The fourth-order valence-electron chi connectivity index (χ4n) is 1.52. The van der Waals surface area contributed by atoms with Crippen molar-refractivity contribution in [3.05, 3.63) is 57.0 Å². The zero-order valence-electron chi connectivity index (χ0n) is 9.67. The molecular weight excluding hydrogens is 319 g/mol. The summed E-state index contributed by atoms with van der Waals surface area (Å²) < 4.78 is 14.3. The molecule has 2 nitrogen and oxygen atoms in total. The number of hydrogen-bond acceptors (Lipinski definition) is 2.